The van der Waals surface area contributed by atoms with Crippen molar-refractivity contribution in [1.29, 1.82) is 0 Å². The number of aromatic nitrogens is 1. The van der Waals surface area contributed by atoms with Gasteiger partial charge >= 0.3 is 6.03 Å². The molecule has 0 saturated carbocycles. The maximum absolute atomic E-state index is 11.3. The number of nitrogens with one attached hydrogen (secondary N) is 1. The van der Waals surface area contributed by atoms with Gasteiger partial charge in [-0.15, -0.1) is 0 Å². The molecular formula is C11H15N5O. The van der Waals surface area contributed by atoms with E-state index in [0.29, 0.717) is 6.54 Å². The predicted molar refractivity (Wildman–Crippen MR) is 66.9 cm³/mol. The zero-order valence-corrected chi connectivity index (χ0v) is 8.79. The van der Waals surface area contributed by atoms with Crippen LogP contribution in [0.2, 0.25) is 0 Å². The van der Waals surface area contributed by atoms with Crippen molar-refractivity contribution in [3.8, 4) is 0 Å². The lowest BCUT2D eigenvalue weighted by Crippen LogP contribution is -2.42. The van der Waals surface area contributed by atoms with Gasteiger partial charge in [0.2, 0.25) is 0 Å². The van der Waals surface area contributed by atoms with Gasteiger partial charge in [0.25, 0.3) is 0 Å². The van der Waals surface area contributed by atoms with Gasteiger partial charge in [-0.05, 0) is 13.0 Å². The lowest BCUT2D eigenvalue weighted by Gasteiger charge is -2.20. The summed E-state index contributed by atoms with van der Waals surface area (Å²) < 4.78 is 0. The summed E-state index contributed by atoms with van der Waals surface area (Å²) in [7, 11) is 0. The molecule has 2 rings (SSSR count). The van der Waals surface area contributed by atoms with Gasteiger partial charge in [0.05, 0.1) is 18.5 Å². The molecule has 0 saturated heterocycles. The van der Waals surface area contributed by atoms with Gasteiger partial charge in [-0.25, -0.2) is 15.2 Å². The number of carbonyl (C=O) groups is 1. The number of urea groups is 1. The van der Waals surface area contributed by atoms with Gasteiger partial charge in [-0.2, -0.15) is 10.2 Å². The summed E-state index contributed by atoms with van der Waals surface area (Å²) in [4.78, 5) is 15.3. The summed E-state index contributed by atoms with van der Waals surface area (Å²) in [6, 6.07) is 3.34. The molecule has 0 spiro atoms. The summed E-state index contributed by atoms with van der Waals surface area (Å²) in [6.45, 7) is 2.23. The van der Waals surface area contributed by atoms with Crippen LogP contribution >= 0.6 is 0 Å². The first-order valence-corrected chi connectivity index (χ1v) is 4.80. The Morgan fingerprint density at radius 1 is 1.59 bits per heavy atom. The van der Waals surface area contributed by atoms with Crippen LogP contribution in [0.5, 0.6) is 0 Å². The van der Waals surface area contributed by atoms with E-state index in [1.807, 2.05) is 19.1 Å². The normalized spacial score (nSPS) is 15.2. The van der Waals surface area contributed by atoms with Crippen LogP contribution in [0.15, 0.2) is 34.7 Å². The third-order valence-corrected chi connectivity index (χ3v) is 1.99. The summed E-state index contributed by atoms with van der Waals surface area (Å²) in [5.74, 6) is 0. The quantitative estimate of drug-likeness (QED) is 0.785. The molecular weight excluding hydrogens is 218 g/mol. The number of nitrogens with zero attached hydrogens (tertiary/aromatic N) is 4. The third kappa shape index (κ3) is 3.37. The molecule has 0 unspecified atom stereocenters. The molecule has 1 aromatic heterocycles. The van der Waals surface area contributed by atoms with Crippen LogP contribution in [0.3, 0.4) is 0 Å². The summed E-state index contributed by atoms with van der Waals surface area (Å²) in [6.07, 6.45) is 4.94. The molecule has 17 heavy (non-hydrogen) atoms. The Kier molecular flexibility index (Phi) is 4.33. The molecule has 0 aromatic carbocycles. The predicted octanol–water partition coefficient (Wildman–Crippen LogP) is 1.45. The summed E-state index contributed by atoms with van der Waals surface area (Å²) in [5, 5.41) is 9.18. The van der Waals surface area contributed by atoms with Gasteiger partial charge in [0.1, 0.15) is 0 Å². The van der Waals surface area contributed by atoms with E-state index in [-0.39, 0.29) is 13.5 Å². The molecule has 1 aliphatic rings. The lowest BCUT2D eigenvalue weighted by molar-refractivity contribution is 0.204. The number of amides is 2. The van der Waals surface area contributed by atoms with Crippen molar-refractivity contribution in [3.05, 3.63) is 30.1 Å². The Labute approximate surface area is 100 Å². The first-order valence-electron chi connectivity index (χ1n) is 4.80. The van der Waals surface area contributed by atoms with Crippen molar-refractivity contribution in [3.63, 3.8) is 0 Å². The van der Waals surface area contributed by atoms with Crippen molar-refractivity contribution in [1.82, 2.24) is 15.4 Å². The Bertz CT molecular complexity index is 440. The fraction of sp³-hybridized carbons (Fsp3) is 0.273. The van der Waals surface area contributed by atoms with Gasteiger partial charge in [0, 0.05) is 18.0 Å². The zero-order chi connectivity index (χ0) is 11.4. The number of rotatable bonds is 2. The smallest absolute Gasteiger partial charge is 0.264 e. The van der Waals surface area contributed by atoms with Gasteiger partial charge in [-0.3, -0.25) is 4.98 Å². The van der Waals surface area contributed by atoms with E-state index < -0.39 is 0 Å². The maximum atomic E-state index is 11.3. The molecule has 1 N–H and O–H groups in total. The number of hydrazone groups is 2. The molecule has 0 aliphatic carbocycles. The second-order valence-electron chi connectivity index (χ2n) is 3.35. The molecule has 90 valence electrons. The SMILES string of the molecule is C.CC1=NNC(=O)N(/N=C/c2cccnc2)C1. The number of hydrogen-bond acceptors (Lipinski definition) is 4. The van der Waals surface area contributed by atoms with Crippen LogP contribution in [-0.2, 0) is 0 Å². The maximum Gasteiger partial charge on any atom is 0.358 e. The highest BCUT2D eigenvalue weighted by Crippen LogP contribution is 1.99. The van der Waals surface area contributed by atoms with E-state index in [0.717, 1.165) is 11.3 Å². The molecule has 0 radical (unpaired) electrons. The van der Waals surface area contributed by atoms with Crippen LogP contribution in [0.25, 0.3) is 0 Å². The number of hydrogen-bond donors (Lipinski definition) is 1. The summed E-state index contributed by atoms with van der Waals surface area (Å²) in [5.41, 5.74) is 4.02. The van der Waals surface area contributed by atoms with Crippen molar-refractivity contribution in [2.24, 2.45) is 10.2 Å². The van der Waals surface area contributed by atoms with E-state index in [4.69, 9.17) is 0 Å². The van der Waals surface area contributed by atoms with Crippen LogP contribution < -0.4 is 5.43 Å². The van der Waals surface area contributed by atoms with E-state index >= 15 is 0 Å². The van der Waals surface area contributed by atoms with E-state index in [1.54, 1.807) is 18.6 Å². The first-order chi connectivity index (χ1) is 7.75. The van der Waals surface area contributed by atoms with Crippen molar-refractivity contribution >= 4 is 18.0 Å². The molecule has 1 aromatic rings. The molecule has 6 heteroatoms. The Balaban J connectivity index is 0.00000144. The second-order valence-corrected chi connectivity index (χ2v) is 3.35. The van der Waals surface area contributed by atoms with Crippen LogP contribution in [0.1, 0.15) is 19.9 Å². The average Bonchev–Trinajstić information content (AvgIpc) is 2.32. The minimum Gasteiger partial charge on any atom is -0.264 e. The highest BCUT2D eigenvalue weighted by molar-refractivity contribution is 5.92. The van der Waals surface area contributed by atoms with Crippen LogP contribution in [-0.4, -0.2) is 34.5 Å². The highest BCUT2D eigenvalue weighted by Gasteiger charge is 2.16. The van der Waals surface area contributed by atoms with E-state index in [9.17, 15) is 4.79 Å². The molecule has 0 fully saturated rings. The minimum atomic E-state index is -0.328. The van der Waals surface area contributed by atoms with Gasteiger partial charge in [0.15, 0.2) is 0 Å². The molecule has 2 heterocycles. The molecule has 2 amide bonds. The zero-order valence-electron chi connectivity index (χ0n) is 8.79. The monoisotopic (exact) mass is 233 g/mol. The molecule has 0 bridgehead atoms. The largest absolute Gasteiger partial charge is 0.358 e. The first kappa shape index (κ1) is 12.8. The molecule has 1 aliphatic heterocycles. The second kappa shape index (κ2) is 5.74. The Hall–Kier alpha value is -2.24. The Morgan fingerprint density at radius 2 is 2.41 bits per heavy atom. The fourth-order valence-corrected chi connectivity index (χ4v) is 1.21. The van der Waals surface area contributed by atoms with Crippen molar-refractivity contribution in [2.45, 2.75) is 14.4 Å². The van der Waals surface area contributed by atoms with Crippen molar-refractivity contribution < 1.29 is 4.79 Å². The summed E-state index contributed by atoms with van der Waals surface area (Å²) >= 11 is 0. The van der Waals surface area contributed by atoms with E-state index in [1.165, 1.54) is 5.01 Å². The lowest BCUT2D eigenvalue weighted by atomic mass is 10.3. The Morgan fingerprint density at radius 3 is 3.12 bits per heavy atom. The third-order valence-electron chi connectivity index (χ3n) is 1.99. The molecule has 6 nitrogen and oxygen atoms in total. The standard InChI is InChI=1S/C10H11N5O.CH4/c1-8-7-15(10(16)14-13-8)12-6-9-3-2-4-11-5-9;/h2-6H,7H2,1H3,(H,14,16);1H4/b12-6+;. The topological polar surface area (TPSA) is 70.0 Å². The average molecular weight is 233 g/mol. The number of pyridine rings is 1. The van der Waals surface area contributed by atoms with Gasteiger partial charge < -0.3 is 0 Å². The van der Waals surface area contributed by atoms with E-state index in [2.05, 4.69) is 20.6 Å². The number of carbonyl (C=O) groups excluding carboxylic acids is 1. The van der Waals surface area contributed by atoms with Crippen LogP contribution in [0.4, 0.5) is 4.79 Å². The fourth-order valence-electron chi connectivity index (χ4n) is 1.21. The molecule has 0 atom stereocenters. The van der Waals surface area contributed by atoms with Crippen molar-refractivity contribution in [2.75, 3.05) is 6.54 Å². The minimum absolute atomic E-state index is 0. The van der Waals surface area contributed by atoms with Crippen LogP contribution in [0, 0.1) is 0 Å². The highest BCUT2D eigenvalue weighted by atomic mass is 16.2. The van der Waals surface area contributed by atoms with Gasteiger partial charge in [-0.1, -0.05) is 13.5 Å².